The van der Waals surface area contributed by atoms with E-state index in [-0.39, 0.29) is 17.6 Å². The number of carbonyl (C=O) groups excluding carboxylic acids is 1. The van der Waals surface area contributed by atoms with E-state index in [9.17, 15) is 4.79 Å². The number of hydrogen-bond acceptors (Lipinski definition) is 3. The summed E-state index contributed by atoms with van der Waals surface area (Å²) in [4.78, 5) is 15.7. The van der Waals surface area contributed by atoms with Gasteiger partial charge < -0.3 is 20.7 Å². The number of aliphatic imine (C=N–C) groups is 1. The van der Waals surface area contributed by atoms with Crippen LogP contribution in [0.15, 0.2) is 4.99 Å². The van der Waals surface area contributed by atoms with Gasteiger partial charge in [0.15, 0.2) is 5.96 Å². The maximum absolute atomic E-state index is 11.5. The Labute approximate surface area is 121 Å². The average molecular weight is 284 g/mol. The van der Waals surface area contributed by atoms with Gasteiger partial charge >= 0.3 is 0 Å². The molecule has 0 aromatic carbocycles. The van der Waals surface area contributed by atoms with Crippen LogP contribution in [-0.4, -0.2) is 50.3 Å². The molecule has 0 radical (unpaired) electrons. The van der Waals surface area contributed by atoms with Crippen LogP contribution in [0.25, 0.3) is 0 Å². The molecule has 1 fully saturated rings. The van der Waals surface area contributed by atoms with E-state index in [0.29, 0.717) is 18.9 Å². The molecule has 1 saturated heterocycles. The molecule has 0 spiro atoms. The fraction of sp³-hybridized carbons (Fsp3) is 0.857. The first-order valence-electron chi connectivity index (χ1n) is 7.33. The maximum atomic E-state index is 11.5. The second-order valence-corrected chi connectivity index (χ2v) is 5.73. The van der Waals surface area contributed by atoms with Gasteiger partial charge in [-0.15, -0.1) is 0 Å². The van der Waals surface area contributed by atoms with Gasteiger partial charge in [-0.05, 0) is 33.6 Å². The van der Waals surface area contributed by atoms with Gasteiger partial charge in [0.2, 0.25) is 5.91 Å². The Hall–Kier alpha value is -1.30. The Kier molecular flexibility index (Phi) is 6.78. The molecule has 1 amide bonds. The van der Waals surface area contributed by atoms with Crippen molar-refractivity contribution in [2.24, 2.45) is 4.99 Å². The number of amides is 1. The molecule has 3 N–H and O–H groups in total. The summed E-state index contributed by atoms with van der Waals surface area (Å²) in [7, 11) is 1.72. The van der Waals surface area contributed by atoms with E-state index in [2.05, 4.69) is 27.9 Å². The van der Waals surface area contributed by atoms with Crippen molar-refractivity contribution in [3.8, 4) is 0 Å². The van der Waals surface area contributed by atoms with E-state index in [1.54, 1.807) is 7.05 Å². The standard InChI is InChI=1S/C14H28N4O2/c1-11(2)18-12(19)6-8-16-13(15-4)17-10-14(3)7-5-9-20-14/h11H,5-10H2,1-4H3,(H,18,19)(H2,15,16,17). The fourth-order valence-electron chi connectivity index (χ4n) is 2.16. The highest BCUT2D eigenvalue weighted by atomic mass is 16.5. The molecule has 0 aromatic heterocycles. The van der Waals surface area contributed by atoms with E-state index in [0.717, 1.165) is 26.0 Å². The van der Waals surface area contributed by atoms with Crippen LogP contribution in [0.1, 0.15) is 40.0 Å². The Morgan fingerprint density at radius 3 is 2.70 bits per heavy atom. The molecule has 1 atom stereocenters. The minimum atomic E-state index is -0.105. The number of guanidine groups is 1. The summed E-state index contributed by atoms with van der Waals surface area (Å²) in [5.41, 5.74) is -0.105. The predicted molar refractivity (Wildman–Crippen MR) is 80.9 cm³/mol. The van der Waals surface area contributed by atoms with E-state index < -0.39 is 0 Å². The van der Waals surface area contributed by atoms with E-state index in [4.69, 9.17) is 4.74 Å². The molecule has 0 bridgehead atoms. The van der Waals surface area contributed by atoms with Crippen LogP contribution in [0.4, 0.5) is 0 Å². The van der Waals surface area contributed by atoms with Gasteiger partial charge in [-0.25, -0.2) is 0 Å². The molecule has 6 nitrogen and oxygen atoms in total. The summed E-state index contributed by atoms with van der Waals surface area (Å²) in [5, 5.41) is 9.24. The minimum Gasteiger partial charge on any atom is -0.373 e. The van der Waals surface area contributed by atoms with Gasteiger partial charge in [0.05, 0.1) is 5.60 Å². The summed E-state index contributed by atoms with van der Waals surface area (Å²) in [6.45, 7) is 8.14. The van der Waals surface area contributed by atoms with Gasteiger partial charge in [0, 0.05) is 39.2 Å². The first-order chi connectivity index (χ1) is 9.45. The Balaban J connectivity index is 2.21. The normalized spacial score (nSPS) is 22.9. The van der Waals surface area contributed by atoms with E-state index in [1.165, 1.54) is 0 Å². The molecule has 1 rings (SSSR count). The second kappa shape index (κ2) is 8.09. The van der Waals surface area contributed by atoms with Crippen LogP contribution >= 0.6 is 0 Å². The van der Waals surface area contributed by atoms with E-state index in [1.807, 2.05) is 13.8 Å². The molecule has 1 heterocycles. The van der Waals surface area contributed by atoms with Crippen molar-refractivity contribution in [2.75, 3.05) is 26.7 Å². The topological polar surface area (TPSA) is 74.8 Å². The molecule has 0 saturated carbocycles. The zero-order chi connectivity index (χ0) is 15.0. The number of nitrogens with zero attached hydrogens (tertiary/aromatic N) is 1. The first-order valence-corrected chi connectivity index (χ1v) is 7.33. The van der Waals surface area contributed by atoms with Gasteiger partial charge in [-0.3, -0.25) is 9.79 Å². The zero-order valence-corrected chi connectivity index (χ0v) is 13.1. The lowest BCUT2D eigenvalue weighted by Crippen LogP contribution is -2.46. The Morgan fingerprint density at radius 2 is 2.15 bits per heavy atom. The third-order valence-corrected chi connectivity index (χ3v) is 3.25. The fourth-order valence-corrected chi connectivity index (χ4v) is 2.16. The SMILES string of the molecule is CN=C(NCCC(=O)NC(C)C)NCC1(C)CCCO1. The highest BCUT2D eigenvalue weighted by Gasteiger charge is 2.29. The van der Waals surface area contributed by atoms with Gasteiger partial charge in [-0.1, -0.05) is 0 Å². The molecule has 0 aliphatic carbocycles. The largest absolute Gasteiger partial charge is 0.373 e. The predicted octanol–water partition coefficient (Wildman–Crippen LogP) is 0.635. The summed E-state index contributed by atoms with van der Waals surface area (Å²) in [5.74, 6) is 0.758. The quantitative estimate of drug-likeness (QED) is 0.494. The minimum absolute atomic E-state index is 0.0500. The lowest BCUT2D eigenvalue weighted by atomic mass is 10.0. The zero-order valence-electron chi connectivity index (χ0n) is 13.1. The molecule has 1 aliphatic heterocycles. The molecule has 20 heavy (non-hydrogen) atoms. The lowest BCUT2D eigenvalue weighted by Gasteiger charge is -2.24. The average Bonchev–Trinajstić information content (AvgIpc) is 2.80. The van der Waals surface area contributed by atoms with Crippen molar-refractivity contribution >= 4 is 11.9 Å². The Bertz CT molecular complexity index is 336. The van der Waals surface area contributed by atoms with Crippen molar-refractivity contribution in [2.45, 2.75) is 51.7 Å². The van der Waals surface area contributed by atoms with Gasteiger partial charge in [0.25, 0.3) is 0 Å². The molecule has 116 valence electrons. The van der Waals surface area contributed by atoms with Crippen molar-refractivity contribution in [1.82, 2.24) is 16.0 Å². The third-order valence-electron chi connectivity index (χ3n) is 3.25. The van der Waals surface area contributed by atoms with Gasteiger partial charge in [0.1, 0.15) is 0 Å². The van der Waals surface area contributed by atoms with Gasteiger partial charge in [-0.2, -0.15) is 0 Å². The van der Waals surface area contributed by atoms with Crippen LogP contribution in [0.2, 0.25) is 0 Å². The second-order valence-electron chi connectivity index (χ2n) is 5.73. The number of carbonyl (C=O) groups is 1. The van der Waals surface area contributed by atoms with E-state index >= 15 is 0 Å². The summed E-state index contributed by atoms with van der Waals surface area (Å²) >= 11 is 0. The van der Waals surface area contributed by atoms with Crippen molar-refractivity contribution < 1.29 is 9.53 Å². The number of hydrogen-bond donors (Lipinski definition) is 3. The number of ether oxygens (including phenoxy) is 1. The maximum Gasteiger partial charge on any atom is 0.221 e. The van der Waals surface area contributed by atoms with Crippen LogP contribution in [-0.2, 0) is 9.53 Å². The summed E-state index contributed by atoms with van der Waals surface area (Å²) in [6, 6.07) is 0.180. The van der Waals surface area contributed by atoms with Crippen LogP contribution in [0.5, 0.6) is 0 Å². The van der Waals surface area contributed by atoms with Crippen LogP contribution in [0, 0.1) is 0 Å². The Morgan fingerprint density at radius 1 is 1.40 bits per heavy atom. The lowest BCUT2D eigenvalue weighted by molar-refractivity contribution is -0.121. The first kappa shape index (κ1) is 16.8. The third kappa shape index (κ3) is 6.23. The highest BCUT2D eigenvalue weighted by Crippen LogP contribution is 2.23. The molecule has 6 heteroatoms. The molecule has 0 aromatic rings. The highest BCUT2D eigenvalue weighted by molar-refractivity contribution is 5.81. The molecule has 1 unspecified atom stereocenters. The van der Waals surface area contributed by atoms with Crippen molar-refractivity contribution in [3.63, 3.8) is 0 Å². The van der Waals surface area contributed by atoms with Crippen molar-refractivity contribution in [3.05, 3.63) is 0 Å². The number of nitrogens with one attached hydrogen (secondary N) is 3. The molecule has 1 aliphatic rings. The summed E-state index contributed by atoms with van der Waals surface area (Å²) < 4.78 is 5.71. The monoisotopic (exact) mass is 284 g/mol. The van der Waals surface area contributed by atoms with Crippen LogP contribution in [0.3, 0.4) is 0 Å². The summed E-state index contributed by atoms with van der Waals surface area (Å²) in [6.07, 6.45) is 2.61. The van der Waals surface area contributed by atoms with Crippen molar-refractivity contribution in [1.29, 1.82) is 0 Å². The smallest absolute Gasteiger partial charge is 0.221 e. The van der Waals surface area contributed by atoms with Crippen LogP contribution < -0.4 is 16.0 Å². The number of rotatable bonds is 6. The molecular formula is C14H28N4O2. The molecular weight excluding hydrogens is 256 g/mol.